The van der Waals surface area contributed by atoms with Crippen LogP contribution in [0.1, 0.15) is 16.8 Å². The number of amides is 1. The van der Waals surface area contributed by atoms with Gasteiger partial charge in [-0.25, -0.2) is 9.97 Å². The zero-order valence-electron chi connectivity index (χ0n) is 11.2. The lowest BCUT2D eigenvalue weighted by molar-refractivity contribution is -0.139. The number of aromatic nitrogens is 3. The van der Waals surface area contributed by atoms with Gasteiger partial charge in [0.1, 0.15) is 12.1 Å². The maximum absolute atomic E-state index is 12.2. The van der Waals surface area contributed by atoms with Crippen molar-refractivity contribution in [2.75, 3.05) is 13.1 Å². The molecule has 21 heavy (non-hydrogen) atoms. The third kappa shape index (κ3) is 2.76. The number of likely N-dealkylation sites (tertiary alicyclic amines) is 1. The van der Waals surface area contributed by atoms with E-state index in [4.69, 9.17) is 5.11 Å². The summed E-state index contributed by atoms with van der Waals surface area (Å²) in [5, 5.41) is 8.69. The lowest BCUT2D eigenvalue weighted by Crippen LogP contribution is -2.50. The third-order valence-corrected chi connectivity index (χ3v) is 3.47. The van der Waals surface area contributed by atoms with Crippen molar-refractivity contribution in [3.8, 4) is 5.82 Å². The molecule has 3 rings (SSSR count). The van der Waals surface area contributed by atoms with Crippen molar-refractivity contribution < 1.29 is 14.7 Å². The Bertz CT molecular complexity index is 645. The maximum atomic E-state index is 12.2. The fraction of sp³-hybridized carbons (Fsp3) is 0.286. The second kappa shape index (κ2) is 5.35. The van der Waals surface area contributed by atoms with Crippen molar-refractivity contribution in [3.05, 3.63) is 42.6 Å². The summed E-state index contributed by atoms with van der Waals surface area (Å²) in [4.78, 5) is 32.6. The Morgan fingerprint density at radius 3 is 2.71 bits per heavy atom. The summed E-state index contributed by atoms with van der Waals surface area (Å²) >= 11 is 0. The molecular weight excluding hydrogens is 272 g/mol. The number of hydrogen-bond acceptors (Lipinski definition) is 4. The van der Waals surface area contributed by atoms with Crippen LogP contribution in [0, 0.1) is 5.92 Å². The molecule has 2 aromatic rings. The van der Waals surface area contributed by atoms with Crippen molar-refractivity contribution in [1.29, 1.82) is 0 Å². The molecule has 3 heterocycles. The van der Waals surface area contributed by atoms with Crippen LogP contribution in [0.3, 0.4) is 0 Å². The Kier molecular flexibility index (Phi) is 3.39. The number of nitrogens with zero attached hydrogens (tertiary/aromatic N) is 4. The van der Waals surface area contributed by atoms with Crippen LogP contribution < -0.4 is 0 Å². The summed E-state index contributed by atoms with van der Waals surface area (Å²) in [5.41, 5.74) is 0.507. The molecule has 1 N–H and O–H groups in total. The summed E-state index contributed by atoms with van der Waals surface area (Å²) in [7, 11) is 0. The first-order chi connectivity index (χ1) is 10.1. The quantitative estimate of drug-likeness (QED) is 0.898. The summed E-state index contributed by atoms with van der Waals surface area (Å²) < 4.78 is 1.75. The van der Waals surface area contributed by atoms with Crippen LogP contribution >= 0.6 is 0 Å². The minimum absolute atomic E-state index is 0.0598. The Balaban J connectivity index is 1.63. The molecule has 7 nitrogen and oxygen atoms in total. The monoisotopic (exact) mass is 286 g/mol. The van der Waals surface area contributed by atoms with Gasteiger partial charge in [-0.2, -0.15) is 0 Å². The molecule has 0 bridgehead atoms. The van der Waals surface area contributed by atoms with Crippen LogP contribution in [-0.2, 0) is 4.79 Å². The van der Waals surface area contributed by atoms with E-state index in [-0.39, 0.29) is 18.2 Å². The number of carboxylic acids is 1. The van der Waals surface area contributed by atoms with Gasteiger partial charge in [-0.05, 0) is 12.1 Å². The molecule has 0 saturated carbocycles. The highest BCUT2D eigenvalue weighted by atomic mass is 16.4. The van der Waals surface area contributed by atoms with Gasteiger partial charge in [0.15, 0.2) is 0 Å². The van der Waals surface area contributed by atoms with E-state index in [1.165, 1.54) is 6.20 Å². The molecule has 108 valence electrons. The van der Waals surface area contributed by atoms with E-state index in [0.29, 0.717) is 24.5 Å². The molecular formula is C14H14N4O3. The number of imidazole rings is 1. The summed E-state index contributed by atoms with van der Waals surface area (Å²) in [6, 6.07) is 3.47. The number of hydrogen-bond donors (Lipinski definition) is 1. The zero-order chi connectivity index (χ0) is 14.8. The van der Waals surface area contributed by atoms with Crippen molar-refractivity contribution >= 4 is 11.9 Å². The Morgan fingerprint density at radius 1 is 1.33 bits per heavy atom. The molecule has 0 atom stereocenters. The van der Waals surface area contributed by atoms with Gasteiger partial charge < -0.3 is 10.0 Å². The molecule has 0 aromatic carbocycles. The molecule has 1 fully saturated rings. The lowest BCUT2D eigenvalue weighted by atomic mass is 9.95. The van der Waals surface area contributed by atoms with Gasteiger partial charge in [0.25, 0.3) is 5.91 Å². The fourth-order valence-corrected chi connectivity index (χ4v) is 2.35. The second-order valence-corrected chi connectivity index (χ2v) is 5.05. The first kappa shape index (κ1) is 13.3. The van der Waals surface area contributed by atoms with E-state index < -0.39 is 5.97 Å². The number of carboxylic acid groups (broad SMARTS) is 1. The smallest absolute Gasteiger partial charge is 0.303 e. The number of carbonyl (C=O) groups excluding carboxylic acids is 1. The van der Waals surface area contributed by atoms with E-state index in [9.17, 15) is 9.59 Å². The molecule has 1 aliphatic rings. The first-order valence-corrected chi connectivity index (χ1v) is 6.59. The Hall–Kier alpha value is -2.70. The Labute approximate surface area is 120 Å². The van der Waals surface area contributed by atoms with Gasteiger partial charge in [0.2, 0.25) is 0 Å². The second-order valence-electron chi connectivity index (χ2n) is 5.05. The van der Waals surface area contributed by atoms with E-state index in [1.807, 2.05) is 0 Å². The minimum Gasteiger partial charge on any atom is -0.481 e. The highest BCUT2D eigenvalue weighted by molar-refractivity contribution is 5.94. The van der Waals surface area contributed by atoms with Crippen LogP contribution in [0.2, 0.25) is 0 Å². The van der Waals surface area contributed by atoms with Crippen LogP contribution in [0.5, 0.6) is 0 Å². The van der Waals surface area contributed by atoms with Gasteiger partial charge in [0.05, 0.1) is 12.0 Å². The van der Waals surface area contributed by atoms with Crippen LogP contribution in [0.4, 0.5) is 0 Å². The third-order valence-electron chi connectivity index (χ3n) is 3.47. The van der Waals surface area contributed by atoms with E-state index >= 15 is 0 Å². The molecule has 7 heteroatoms. The average molecular weight is 286 g/mol. The van der Waals surface area contributed by atoms with Crippen molar-refractivity contribution in [2.24, 2.45) is 5.92 Å². The number of rotatable bonds is 4. The number of aliphatic carboxylic acids is 1. The number of carbonyl (C=O) groups is 2. The fourth-order valence-electron chi connectivity index (χ4n) is 2.35. The van der Waals surface area contributed by atoms with Crippen LogP contribution in [0.15, 0.2) is 37.1 Å². The van der Waals surface area contributed by atoms with Crippen LogP contribution in [0.25, 0.3) is 5.82 Å². The topological polar surface area (TPSA) is 88.3 Å². The summed E-state index contributed by atoms with van der Waals surface area (Å²) in [6.45, 7) is 0.989. The van der Waals surface area contributed by atoms with Gasteiger partial charge in [0, 0.05) is 37.6 Å². The average Bonchev–Trinajstić information content (AvgIpc) is 2.96. The first-order valence-electron chi connectivity index (χ1n) is 6.59. The minimum atomic E-state index is -0.821. The highest BCUT2D eigenvalue weighted by Crippen LogP contribution is 2.21. The standard InChI is InChI=1S/C14H14N4O3/c19-13(20)5-10-7-18(8-10)14(21)11-1-2-12(16-6-11)17-4-3-15-9-17/h1-4,6,9-10H,5,7-8H2,(H,19,20). The van der Waals surface area contributed by atoms with Gasteiger partial charge in [-0.15, -0.1) is 0 Å². The zero-order valence-corrected chi connectivity index (χ0v) is 11.2. The van der Waals surface area contributed by atoms with Crippen molar-refractivity contribution in [2.45, 2.75) is 6.42 Å². The van der Waals surface area contributed by atoms with Crippen molar-refractivity contribution in [3.63, 3.8) is 0 Å². The molecule has 1 aliphatic heterocycles. The lowest BCUT2D eigenvalue weighted by Gasteiger charge is -2.38. The summed E-state index contributed by atoms with van der Waals surface area (Å²) in [5.74, 6) is -0.180. The molecule has 0 radical (unpaired) electrons. The van der Waals surface area contributed by atoms with Gasteiger partial charge in [-0.3, -0.25) is 14.2 Å². The van der Waals surface area contributed by atoms with E-state index in [2.05, 4.69) is 9.97 Å². The largest absolute Gasteiger partial charge is 0.481 e. The van der Waals surface area contributed by atoms with Gasteiger partial charge in [-0.1, -0.05) is 0 Å². The van der Waals surface area contributed by atoms with E-state index in [1.54, 1.807) is 40.3 Å². The number of pyridine rings is 1. The highest BCUT2D eigenvalue weighted by Gasteiger charge is 2.32. The van der Waals surface area contributed by atoms with E-state index in [0.717, 1.165) is 0 Å². The molecule has 1 amide bonds. The molecule has 0 unspecified atom stereocenters. The molecule has 2 aromatic heterocycles. The van der Waals surface area contributed by atoms with Gasteiger partial charge >= 0.3 is 5.97 Å². The van der Waals surface area contributed by atoms with Crippen molar-refractivity contribution in [1.82, 2.24) is 19.4 Å². The molecule has 0 spiro atoms. The Morgan fingerprint density at radius 2 is 2.14 bits per heavy atom. The summed E-state index contributed by atoms with van der Waals surface area (Å²) in [6.07, 6.45) is 6.71. The SMILES string of the molecule is O=C(O)CC1CN(C(=O)c2ccc(-n3ccnc3)nc2)C1. The predicted octanol–water partition coefficient (Wildman–Crippen LogP) is 0.814. The maximum Gasteiger partial charge on any atom is 0.303 e. The molecule has 0 aliphatic carbocycles. The normalized spacial score (nSPS) is 14.8. The van der Waals surface area contributed by atoms with Crippen LogP contribution in [-0.4, -0.2) is 49.5 Å². The molecule has 1 saturated heterocycles. The predicted molar refractivity (Wildman–Crippen MR) is 73.0 cm³/mol.